The summed E-state index contributed by atoms with van der Waals surface area (Å²) in [5.74, 6) is -2.10. The lowest BCUT2D eigenvalue weighted by molar-refractivity contribution is 0.107. The van der Waals surface area contributed by atoms with Gasteiger partial charge >= 0.3 is 0 Å². The van der Waals surface area contributed by atoms with Crippen molar-refractivity contribution in [3.8, 4) is 0 Å². The Kier molecular flexibility index (Phi) is 5.71. The zero-order valence-electron chi connectivity index (χ0n) is 11.0. The van der Waals surface area contributed by atoms with Gasteiger partial charge in [-0.15, -0.1) is 4.72 Å². The molecule has 114 valence electrons. The molecule has 1 aromatic carbocycles. The molecule has 0 aromatic heterocycles. The molecule has 0 saturated carbocycles. The molecular weight excluding hydrogens is 318 g/mol. The normalized spacial score (nSPS) is 15.5. The zero-order chi connectivity index (χ0) is 15.7. The average molecular weight is 332 g/mol. The van der Waals surface area contributed by atoms with Crippen molar-refractivity contribution >= 4 is 23.0 Å². The van der Waals surface area contributed by atoms with Crippen LogP contribution in [0, 0.1) is 11.6 Å². The van der Waals surface area contributed by atoms with Crippen molar-refractivity contribution in [1.82, 2.24) is 4.72 Å². The highest BCUT2D eigenvalue weighted by Crippen LogP contribution is 2.29. The van der Waals surface area contributed by atoms with E-state index < -0.39 is 50.8 Å². The van der Waals surface area contributed by atoms with Gasteiger partial charge in [0.05, 0.1) is 5.02 Å². The van der Waals surface area contributed by atoms with Gasteiger partial charge < -0.3 is 4.55 Å². The molecule has 1 rings (SSSR count). The van der Waals surface area contributed by atoms with E-state index in [0.717, 1.165) is 0 Å². The Morgan fingerprint density at radius 3 is 2.20 bits per heavy atom. The molecule has 20 heavy (non-hydrogen) atoms. The number of alkyl halides is 2. The van der Waals surface area contributed by atoms with Crippen LogP contribution in [0.2, 0.25) is 5.02 Å². The lowest BCUT2D eigenvalue weighted by Gasteiger charge is -2.28. The van der Waals surface area contributed by atoms with Crippen LogP contribution in [0.4, 0.5) is 17.6 Å². The SMILES string of the molecule is CC(C)(C)[S+]([O-])NC(c1cc(F)c(Cl)cc1F)C(F)F. The number of rotatable bonds is 4. The fraction of sp³-hybridized carbons (Fsp3) is 0.500. The first-order valence-corrected chi connectivity index (χ1v) is 7.17. The molecular formula is C12H14ClF4NOS. The van der Waals surface area contributed by atoms with E-state index in [4.69, 9.17) is 11.6 Å². The highest BCUT2D eigenvalue weighted by molar-refractivity contribution is 7.90. The highest BCUT2D eigenvalue weighted by Gasteiger charge is 2.35. The van der Waals surface area contributed by atoms with Gasteiger partial charge in [0.2, 0.25) is 0 Å². The van der Waals surface area contributed by atoms with Crippen LogP contribution in [0.3, 0.4) is 0 Å². The van der Waals surface area contributed by atoms with Gasteiger partial charge in [-0.2, -0.15) is 0 Å². The van der Waals surface area contributed by atoms with Crippen molar-refractivity contribution in [2.75, 3.05) is 0 Å². The van der Waals surface area contributed by atoms with E-state index in [0.29, 0.717) is 12.1 Å². The van der Waals surface area contributed by atoms with E-state index in [2.05, 4.69) is 4.72 Å². The summed E-state index contributed by atoms with van der Waals surface area (Å²) >= 11 is 3.50. The number of halogens is 5. The van der Waals surface area contributed by atoms with E-state index in [1.807, 2.05) is 0 Å². The summed E-state index contributed by atoms with van der Waals surface area (Å²) in [4.78, 5) is 0. The summed E-state index contributed by atoms with van der Waals surface area (Å²) in [6, 6.07) is -0.688. The molecule has 0 fully saturated rings. The van der Waals surface area contributed by atoms with Crippen LogP contribution in [0.15, 0.2) is 12.1 Å². The van der Waals surface area contributed by atoms with Gasteiger partial charge in [-0.05, 0) is 32.9 Å². The molecule has 0 heterocycles. The predicted molar refractivity (Wildman–Crippen MR) is 71.1 cm³/mol. The third kappa shape index (κ3) is 4.25. The molecule has 0 bridgehead atoms. The molecule has 0 aliphatic heterocycles. The molecule has 0 radical (unpaired) electrons. The molecule has 1 N–H and O–H groups in total. The van der Waals surface area contributed by atoms with E-state index in [1.54, 1.807) is 20.8 Å². The van der Waals surface area contributed by atoms with Crippen LogP contribution >= 0.6 is 11.6 Å². The van der Waals surface area contributed by atoms with Crippen LogP contribution < -0.4 is 4.72 Å². The third-order valence-corrected chi connectivity index (χ3v) is 4.29. The van der Waals surface area contributed by atoms with Gasteiger partial charge in [0.25, 0.3) is 6.43 Å². The lowest BCUT2D eigenvalue weighted by Crippen LogP contribution is -2.43. The lowest BCUT2D eigenvalue weighted by atomic mass is 10.1. The van der Waals surface area contributed by atoms with Crippen molar-refractivity contribution in [1.29, 1.82) is 0 Å². The summed E-state index contributed by atoms with van der Waals surface area (Å²) in [6.45, 7) is 4.70. The largest absolute Gasteiger partial charge is 0.598 e. The first-order valence-electron chi connectivity index (χ1n) is 5.64. The van der Waals surface area contributed by atoms with Gasteiger partial charge in [-0.3, -0.25) is 0 Å². The Bertz CT molecular complexity index is 481. The quantitative estimate of drug-likeness (QED) is 0.514. The minimum Gasteiger partial charge on any atom is -0.598 e. The highest BCUT2D eigenvalue weighted by atomic mass is 35.5. The standard InChI is InChI=1S/C12H14ClF4NOS/c1-12(2,3)20(19)18-10(11(16)17)6-4-9(15)7(13)5-8(6)14/h4-5,10-11,18H,1-3H3. The molecule has 2 atom stereocenters. The van der Waals surface area contributed by atoms with Crippen molar-refractivity contribution in [2.45, 2.75) is 38.0 Å². The number of hydrogen-bond donors (Lipinski definition) is 1. The predicted octanol–water partition coefficient (Wildman–Crippen LogP) is 3.98. The molecule has 0 amide bonds. The van der Waals surface area contributed by atoms with Crippen LogP contribution in [-0.4, -0.2) is 15.7 Å². The zero-order valence-corrected chi connectivity index (χ0v) is 12.6. The van der Waals surface area contributed by atoms with Gasteiger partial charge in [0, 0.05) is 16.9 Å². The van der Waals surface area contributed by atoms with E-state index >= 15 is 0 Å². The number of nitrogens with one attached hydrogen (secondary N) is 1. The first-order chi connectivity index (χ1) is 9.04. The molecule has 0 aliphatic carbocycles. The second kappa shape index (κ2) is 6.51. The minimum atomic E-state index is -3.06. The topological polar surface area (TPSA) is 35.1 Å². The molecule has 8 heteroatoms. The first kappa shape index (κ1) is 17.6. The second-order valence-corrected chi connectivity index (χ2v) is 7.50. The fourth-order valence-corrected chi connectivity index (χ4v) is 2.28. The molecule has 0 saturated heterocycles. The molecule has 0 spiro atoms. The Balaban J connectivity index is 3.12. The summed E-state index contributed by atoms with van der Waals surface area (Å²) in [5.41, 5.74) is -0.612. The molecule has 1 aromatic rings. The van der Waals surface area contributed by atoms with Gasteiger partial charge in [-0.25, -0.2) is 17.6 Å². The summed E-state index contributed by atoms with van der Waals surface area (Å²) < 4.78 is 66.2. The molecule has 2 nitrogen and oxygen atoms in total. The third-order valence-electron chi connectivity index (χ3n) is 2.42. The number of hydrogen-bond acceptors (Lipinski definition) is 2. The minimum absolute atomic E-state index is 0.504. The monoisotopic (exact) mass is 331 g/mol. The van der Waals surface area contributed by atoms with Crippen LogP contribution in [0.5, 0.6) is 0 Å². The maximum absolute atomic E-state index is 13.7. The average Bonchev–Trinajstić information content (AvgIpc) is 2.29. The summed E-state index contributed by atoms with van der Waals surface area (Å²) in [5, 5.41) is -0.504. The Morgan fingerprint density at radius 1 is 1.20 bits per heavy atom. The smallest absolute Gasteiger partial charge is 0.262 e. The summed E-state index contributed by atoms with van der Waals surface area (Å²) in [6.07, 6.45) is -3.06. The van der Waals surface area contributed by atoms with Gasteiger partial charge in [0.15, 0.2) is 0 Å². The van der Waals surface area contributed by atoms with Gasteiger partial charge in [0.1, 0.15) is 22.4 Å². The van der Waals surface area contributed by atoms with E-state index in [-0.39, 0.29) is 0 Å². The maximum Gasteiger partial charge on any atom is 0.262 e. The Hall–Kier alpha value is -0.500. The Labute approximate surface area is 122 Å². The van der Waals surface area contributed by atoms with Crippen molar-refractivity contribution < 1.29 is 22.1 Å². The second-order valence-electron chi connectivity index (χ2n) is 5.10. The maximum atomic E-state index is 13.7. The van der Waals surface area contributed by atoms with Crippen molar-refractivity contribution in [2.24, 2.45) is 0 Å². The van der Waals surface area contributed by atoms with Crippen LogP contribution in [0.1, 0.15) is 32.4 Å². The molecule has 2 unspecified atom stereocenters. The number of benzene rings is 1. The Morgan fingerprint density at radius 2 is 1.75 bits per heavy atom. The van der Waals surface area contributed by atoms with E-state index in [1.165, 1.54) is 0 Å². The van der Waals surface area contributed by atoms with Crippen LogP contribution in [0.25, 0.3) is 0 Å². The summed E-state index contributed by atoms with van der Waals surface area (Å²) in [7, 11) is 0. The van der Waals surface area contributed by atoms with E-state index in [9.17, 15) is 22.1 Å². The van der Waals surface area contributed by atoms with Crippen molar-refractivity contribution in [3.63, 3.8) is 0 Å². The fourth-order valence-electron chi connectivity index (χ4n) is 1.32. The van der Waals surface area contributed by atoms with Crippen molar-refractivity contribution in [3.05, 3.63) is 34.4 Å². The van der Waals surface area contributed by atoms with Crippen LogP contribution in [-0.2, 0) is 11.4 Å². The van der Waals surface area contributed by atoms with Gasteiger partial charge in [-0.1, -0.05) is 11.6 Å². The molecule has 0 aliphatic rings.